The van der Waals surface area contributed by atoms with Gasteiger partial charge in [-0.15, -0.1) is 0 Å². The molecule has 1 unspecified atom stereocenters. The van der Waals surface area contributed by atoms with E-state index in [1.165, 1.54) is 0 Å². The zero-order valence-electron chi connectivity index (χ0n) is 19.4. The molecule has 0 spiro atoms. The van der Waals surface area contributed by atoms with E-state index in [1.807, 2.05) is 127 Å². The number of rotatable bonds is 9. The normalized spacial score (nSPS) is 11.2. The first-order valence-electron chi connectivity index (χ1n) is 11.7. The molecular formula is C31H28N2O2. The van der Waals surface area contributed by atoms with Crippen LogP contribution in [0.25, 0.3) is 5.57 Å². The van der Waals surface area contributed by atoms with Gasteiger partial charge in [0.15, 0.2) is 0 Å². The van der Waals surface area contributed by atoms with Gasteiger partial charge in [0.25, 0.3) is 0 Å². The minimum absolute atomic E-state index is 0.122. The number of hydrogen-bond donors (Lipinski definition) is 2. The molecule has 0 bridgehead atoms. The van der Waals surface area contributed by atoms with E-state index in [2.05, 4.69) is 10.6 Å². The summed E-state index contributed by atoms with van der Waals surface area (Å²) in [5, 5.41) is 5.92. The van der Waals surface area contributed by atoms with E-state index in [4.69, 9.17) is 0 Å². The number of nitrogens with one attached hydrogen (secondary N) is 2. The van der Waals surface area contributed by atoms with E-state index in [9.17, 15) is 9.59 Å². The first-order valence-corrected chi connectivity index (χ1v) is 11.7. The molecule has 4 aromatic carbocycles. The van der Waals surface area contributed by atoms with Gasteiger partial charge in [-0.2, -0.15) is 0 Å². The Morgan fingerprint density at radius 3 is 1.51 bits per heavy atom. The highest BCUT2D eigenvalue weighted by molar-refractivity contribution is 5.96. The van der Waals surface area contributed by atoms with E-state index >= 15 is 0 Å². The van der Waals surface area contributed by atoms with Gasteiger partial charge in [0, 0.05) is 17.8 Å². The topological polar surface area (TPSA) is 58.2 Å². The third-order valence-electron chi connectivity index (χ3n) is 5.66. The minimum atomic E-state index is -0.507. The van der Waals surface area contributed by atoms with Crippen LogP contribution in [-0.2, 0) is 9.59 Å². The number of anilines is 2. The fraction of sp³-hybridized carbons (Fsp3) is 0.0968. The lowest BCUT2D eigenvalue weighted by Crippen LogP contribution is -2.23. The van der Waals surface area contributed by atoms with Crippen LogP contribution < -0.4 is 10.6 Å². The maximum Gasteiger partial charge on any atom is 0.231 e. The molecule has 0 aliphatic rings. The van der Waals surface area contributed by atoms with Crippen LogP contribution in [0.5, 0.6) is 0 Å². The van der Waals surface area contributed by atoms with Crippen LogP contribution in [0.15, 0.2) is 127 Å². The van der Waals surface area contributed by atoms with Gasteiger partial charge in [0.2, 0.25) is 11.8 Å². The molecule has 0 aromatic heterocycles. The van der Waals surface area contributed by atoms with Crippen LogP contribution in [0.3, 0.4) is 0 Å². The van der Waals surface area contributed by atoms with Crippen molar-refractivity contribution >= 4 is 28.8 Å². The van der Waals surface area contributed by atoms with Crippen LogP contribution in [-0.4, -0.2) is 11.8 Å². The molecule has 0 radical (unpaired) electrons. The van der Waals surface area contributed by atoms with E-state index in [0.29, 0.717) is 6.42 Å². The average molecular weight is 461 g/mol. The maximum absolute atomic E-state index is 13.4. The second-order valence-corrected chi connectivity index (χ2v) is 8.23. The van der Waals surface area contributed by atoms with Crippen molar-refractivity contribution in [2.24, 2.45) is 5.92 Å². The third-order valence-corrected chi connectivity index (χ3v) is 5.66. The summed E-state index contributed by atoms with van der Waals surface area (Å²) in [6.45, 7) is 0. The highest BCUT2D eigenvalue weighted by Crippen LogP contribution is 2.27. The zero-order chi connectivity index (χ0) is 24.3. The van der Waals surface area contributed by atoms with Crippen LogP contribution in [0.4, 0.5) is 11.4 Å². The molecule has 2 amide bonds. The molecule has 0 aliphatic heterocycles. The number of amides is 2. The maximum atomic E-state index is 13.4. The van der Waals surface area contributed by atoms with Crippen molar-refractivity contribution in [3.05, 3.63) is 139 Å². The van der Waals surface area contributed by atoms with Gasteiger partial charge in [-0.05, 0) is 47.4 Å². The number of benzene rings is 4. The first-order chi connectivity index (χ1) is 17.2. The lowest BCUT2D eigenvalue weighted by atomic mass is 9.91. The van der Waals surface area contributed by atoms with Crippen molar-refractivity contribution in [1.82, 2.24) is 0 Å². The quantitative estimate of drug-likeness (QED) is 0.289. The highest BCUT2D eigenvalue weighted by Gasteiger charge is 2.20. The molecule has 4 heteroatoms. The van der Waals surface area contributed by atoms with E-state index in [-0.39, 0.29) is 18.2 Å². The smallest absolute Gasteiger partial charge is 0.231 e. The monoisotopic (exact) mass is 460 g/mol. The van der Waals surface area contributed by atoms with Crippen LogP contribution >= 0.6 is 0 Å². The van der Waals surface area contributed by atoms with E-state index in [0.717, 1.165) is 28.1 Å². The Morgan fingerprint density at radius 1 is 0.600 bits per heavy atom. The third kappa shape index (κ3) is 7.02. The Morgan fingerprint density at radius 2 is 1.03 bits per heavy atom. The number of carbonyl (C=O) groups excluding carboxylic acids is 2. The molecule has 0 heterocycles. The summed E-state index contributed by atoms with van der Waals surface area (Å²) in [6.07, 6.45) is 2.58. The van der Waals surface area contributed by atoms with Crippen molar-refractivity contribution in [2.75, 3.05) is 10.6 Å². The Labute approximate surface area is 206 Å². The van der Waals surface area contributed by atoms with Gasteiger partial charge in [-0.1, -0.05) is 103 Å². The summed E-state index contributed by atoms with van der Waals surface area (Å²) in [6, 6.07) is 38.8. The van der Waals surface area contributed by atoms with Crippen molar-refractivity contribution in [2.45, 2.75) is 12.8 Å². The van der Waals surface area contributed by atoms with E-state index in [1.54, 1.807) is 0 Å². The molecule has 0 aliphatic carbocycles. The predicted molar refractivity (Wildman–Crippen MR) is 143 cm³/mol. The molecule has 0 saturated heterocycles. The highest BCUT2D eigenvalue weighted by atomic mass is 16.2. The van der Waals surface area contributed by atoms with Gasteiger partial charge in [0.1, 0.15) is 0 Å². The fourth-order valence-electron chi connectivity index (χ4n) is 3.87. The predicted octanol–water partition coefficient (Wildman–Crippen LogP) is 6.79. The van der Waals surface area contributed by atoms with Gasteiger partial charge in [0.05, 0.1) is 5.92 Å². The number of hydrogen-bond acceptors (Lipinski definition) is 2. The Kier molecular flexibility index (Phi) is 8.23. The average Bonchev–Trinajstić information content (AvgIpc) is 2.91. The van der Waals surface area contributed by atoms with Gasteiger partial charge in [-0.25, -0.2) is 0 Å². The summed E-state index contributed by atoms with van der Waals surface area (Å²) in [5.41, 5.74) is 4.47. The van der Waals surface area contributed by atoms with Crippen molar-refractivity contribution < 1.29 is 9.59 Å². The first kappa shape index (κ1) is 23.7. The lowest BCUT2D eigenvalue weighted by Gasteiger charge is -2.17. The van der Waals surface area contributed by atoms with Gasteiger partial charge in [-0.3, -0.25) is 9.59 Å². The standard InChI is InChI=1S/C31H28N2O2/c34-30(32-27-17-9-3-10-18-27)22-21-26(31(35)33-28-19-11-4-12-20-28)23-29(24-13-5-1-6-14-24)25-15-7-2-8-16-25/h1-20,23,26H,21-22H2,(H,32,34)(H,33,35). The second-order valence-electron chi connectivity index (χ2n) is 8.23. The molecule has 1 atom stereocenters. The van der Waals surface area contributed by atoms with Gasteiger partial charge >= 0.3 is 0 Å². The van der Waals surface area contributed by atoms with Crippen molar-refractivity contribution in [1.29, 1.82) is 0 Å². The summed E-state index contributed by atoms with van der Waals surface area (Å²) in [7, 11) is 0. The molecular weight excluding hydrogens is 432 g/mol. The largest absolute Gasteiger partial charge is 0.326 e. The number of para-hydroxylation sites is 2. The molecule has 35 heavy (non-hydrogen) atoms. The summed E-state index contributed by atoms with van der Waals surface area (Å²) < 4.78 is 0. The Bertz CT molecular complexity index is 1210. The summed E-state index contributed by atoms with van der Waals surface area (Å²) >= 11 is 0. The van der Waals surface area contributed by atoms with Crippen LogP contribution in [0.2, 0.25) is 0 Å². The molecule has 0 saturated carbocycles. The molecule has 4 aromatic rings. The SMILES string of the molecule is O=C(CCC(C=C(c1ccccc1)c1ccccc1)C(=O)Nc1ccccc1)Nc1ccccc1. The summed E-state index contributed by atoms with van der Waals surface area (Å²) in [5.74, 6) is -0.775. The molecule has 4 nitrogen and oxygen atoms in total. The number of carbonyl (C=O) groups is 2. The minimum Gasteiger partial charge on any atom is -0.326 e. The molecule has 2 N–H and O–H groups in total. The van der Waals surface area contributed by atoms with Crippen molar-refractivity contribution in [3.63, 3.8) is 0 Å². The fourth-order valence-corrected chi connectivity index (χ4v) is 3.87. The molecule has 0 fully saturated rings. The van der Waals surface area contributed by atoms with Crippen LogP contribution in [0.1, 0.15) is 24.0 Å². The zero-order valence-corrected chi connectivity index (χ0v) is 19.4. The Balaban J connectivity index is 1.61. The van der Waals surface area contributed by atoms with Crippen molar-refractivity contribution in [3.8, 4) is 0 Å². The lowest BCUT2D eigenvalue weighted by molar-refractivity contribution is -0.119. The summed E-state index contributed by atoms with van der Waals surface area (Å²) in [4.78, 5) is 26.1. The van der Waals surface area contributed by atoms with Crippen LogP contribution in [0, 0.1) is 5.92 Å². The second kappa shape index (κ2) is 12.1. The molecule has 4 rings (SSSR count). The van der Waals surface area contributed by atoms with Gasteiger partial charge < -0.3 is 10.6 Å². The Hall–Kier alpha value is -4.44. The molecule has 174 valence electrons. The van der Waals surface area contributed by atoms with E-state index < -0.39 is 5.92 Å².